The number of nitrogens with two attached hydrogens (primary N) is 1. The Labute approximate surface area is 117 Å². The van der Waals surface area contributed by atoms with Gasteiger partial charge in [-0.2, -0.15) is 0 Å². The summed E-state index contributed by atoms with van der Waals surface area (Å²) < 4.78 is 0. The van der Waals surface area contributed by atoms with E-state index in [0.717, 1.165) is 51.1 Å². The molecule has 2 aliphatic rings. The fourth-order valence-electron chi connectivity index (χ4n) is 3.59. The molecular weight excluding hydrogens is 236 g/mol. The number of rotatable bonds is 3. The lowest BCUT2D eigenvalue weighted by atomic mass is 9.84. The van der Waals surface area contributed by atoms with Gasteiger partial charge in [-0.1, -0.05) is 13.3 Å². The van der Waals surface area contributed by atoms with Crippen LogP contribution in [0, 0.1) is 11.8 Å². The molecule has 0 spiro atoms. The van der Waals surface area contributed by atoms with Gasteiger partial charge in [0.2, 0.25) is 5.91 Å². The van der Waals surface area contributed by atoms with E-state index in [1.54, 1.807) is 0 Å². The zero-order valence-corrected chi connectivity index (χ0v) is 12.4. The van der Waals surface area contributed by atoms with Gasteiger partial charge in [0, 0.05) is 25.6 Å². The van der Waals surface area contributed by atoms with Crippen molar-refractivity contribution in [3.05, 3.63) is 0 Å². The summed E-state index contributed by atoms with van der Waals surface area (Å²) in [5.74, 6) is 1.83. The highest BCUT2D eigenvalue weighted by molar-refractivity contribution is 5.76. The Morgan fingerprint density at radius 3 is 2.47 bits per heavy atom. The van der Waals surface area contributed by atoms with E-state index in [9.17, 15) is 4.79 Å². The van der Waals surface area contributed by atoms with Crippen molar-refractivity contribution in [2.24, 2.45) is 17.6 Å². The number of carbonyl (C=O) groups is 1. The second-order valence-electron chi connectivity index (χ2n) is 6.57. The molecule has 2 fully saturated rings. The smallest absolute Gasteiger partial charge is 0.222 e. The quantitative estimate of drug-likeness (QED) is 0.853. The molecule has 1 aliphatic carbocycles. The van der Waals surface area contributed by atoms with E-state index in [4.69, 9.17) is 5.73 Å². The normalized spacial score (nSPS) is 32.9. The molecule has 19 heavy (non-hydrogen) atoms. The molecule has 0 bridgehead atoms. The molecule has 3 heteroatoms. The summed E-state index contributed by atoms with van der Waals surface area (Å²) >= 11 is 0. The van der Waals surface area contributed by atoms with Crippen molar-refractivity contribution in [1.82, 2.24) is 4.90 Å². The SMILES string of the molecule is CCC1CCCN(C(=O)CC2CCC(N)CC2)CC1. The van der Waals surface area contributed by atoms with Crippen LogP contribution in [0.5, 0.6) is 0 Å². The molecule has 110 valence electrons. The van der Waals surface area contributed by atoms with Gasteiger partial charge in [0.1, 0.15) is 0 Å². The minimum absolute atomic E-state index is 0.384. The van der Waals surface area contributed by atoms with Crippen molar-refractivity contribution < 1.29 is 4.79 Å². The fraction of sp³-hybridized carbons (Fsp3) is 0.938. The number of hydrogen-bond donors (Lipinski definition) is 1. The van der Waals surface area contributed by atoms with Crippen LogP contribution in [0.25, 0.3) is 0 Å². The van der Waals surface area contributed by atoms with Gasteiger partial charge in [0.15, 0.2) is 0 Å². The number of amides is 1. The van der Waals surface area contributed by atoms with Crippen LogP contribution in [-0.2, 0) is 4.79 Å². The Hall–Kier alpha value is -0.570. The van der Waals surface area contributed by atoms with Gasteiger partial charge in [-0.15, -0.1) is 0 Å². The molecule has 0 radical (unpaired) electrons. The van der Waals surface area contributed by atoms with E-state index in [1.807, 2.05) is 0 Å². The minimum Gasteiger partial charge on any atom is -0.343 e. The predicted octanol–water partition coefficient (Wildman–Crippen LogP) is 2.93. The van der Waals surface area contributed by atoms with Gasteiger partial charge < -0.3 is 10.6 Å². The second kappa shape index (κ2) is 7.28. The second-order valence-corrected chi connectivity index (χ2v) is 6.57. The van der Waals surface area contributed by atoms with Crippen LogP contribution in [0.1, 0.15) is 64.7 Å². The predicted molar refractivity (Wildman–Crippen MR) is 78.8 cm³/mol. The first-order chi connectivity index (χ1) is 9.19. The third-order valence-corrected chi connectivity index (χ3v) is 5.13. The van der Waals surface area contributed by atoms with Crippen LogP contribution >= 0.6 is 0 Å². The van der Waals surface area contributed by atoms with Gasteiger partial charge in [-0.3, -0.25) is 4.79 Å². The summed E-state index contributed by atoms with van der Waals surface area (Å²) in [7, 11) is 0. The lowest BCUT2D eigenvalue weighted by molar-refractivity contribution is -0.132. The number of hydrogen-bond acceptors (Lipinski definition) is 2. The van der Waals surface area contributed by atoms with Crippen LogP contribution in [0.15, 0.2) is 0 Å². The van der Waals surface area contributed by atoms with E-state index < -0.39 is 0 Å². The van der Waals surface area contributed by atoms with Crippen molar-refractivity contribution in [2.75, 3.05) is 13.1 Å². The third kappa shape index (κ3) is 4.48. The highest BCUT2D eigenvalue weighted by Crippen LogP contribution is 2.27. The van der Waals surface area contributed by atoms with Gasteiger partial charge >= 0.3 is 0 Å². The lowest BCUT2D eigenvalue weighted by Crippen LogP contribution is -2.35. The summed E-state index contributed by atoms with van der Waals surface area (Å²) in [6.45, 7) is 4.25. The minimum atomic E-state index is 0.384. The van der Waals surface area contributed by atoms with Crippen LogP contribution in [0.2, 0.25) is 0 Å². The molecule has 2 rings (SSSR count). The van der Waals surface area contributed by atoms with Crippen molar-refractivity contribution in [2.45, 2.75) is 70.8 Å². The zero-order valence-electron chi connectivity index (χ0n) is 12.4. The standard InChI is InChI=1S/C16H30N2O/c1-2-13-4-3-10-18(11-9-13)16(19)12-14-5-7-15(17)8-6-14/h13-15H,2-12,17H2,1H3. The molecule has 2 N–H and O–H groups in total. The molecule has 0 aromatic heterocycles. The molecule has 1 atom stereocenters. The molecule has 3 nitrogen and oxygen atoms in total. The van der Waals surface area contributed by atoms with Gasteiger partial charge in [0.05, 0.1) is 0 Å². The molecule has 1 amide bonds. The summed E-state index contributed by atoms with van der Waals surface area (Å²) in [6, 6.07) is 0.384. The Kier molecular flexibility index (Phi) is 5.68. The molecule has 1 heterocycles. The summed E-state index contributed by atoms with van der Waals surface area (Å²) in [4.78, 5) is 14.5. The molecular formula is C16H30N2O. The largest absolute Gasteiger partial charge is 0.343 e. The first kappa shape index (κ1) is 14.8. The molecule has 1 unspecified atom stereocenters. The van der Waals surface area contributed by atoms with E-state index in [0.29, 0.717) is 17.9 Å². The van der Waals surface area contributed by atoms with Crippen molar-refractivity contribution in [1.29, 1.82) is 0 Å². The van der Waals surface area contributed by atoms with E-state index in [1.165, 1.54) is 25.7 Å². The number of nitrogens with zero attached hydrogens (tertiary/aromatic N) is 1. The van der Waals surface area contributed by atoms with Gasteiger partial charge in [0.25, 0.3) is 0 Å². The van der Waals surface area contributed by atoms with E-state index >= 15 is 0 Å². The zero-order chi connectivity index (χ0) is 13.7. The third-order valence-electron chi connectivity index (χ3n) is 5.13. The maximum absolute atomic E-state index is 12.4. The maximum atomic E-state index is 12.4. The number of carbonyl (C=O) groups excluding carboxylic acids is 1. The van der Waals surface area contributed by atoms with Crippen LogP contribution < -0.4 is 5.73 Å². The van der Waals surface area contributed by atoms with E-state index in [2.05, 4.69) is 11.8 Å². The maximum Gasteiger partial charge on any atom is 0.222 e. The summed E-state index contributed by atoms with van der Waals surface area (Å²) in [5.41, 5.74) is 5.93. The van der Waals surface area contributed by atoms with Gasteiger partial charge in [-0.25, -0.2) is 0 Å². The van der Waals surface area contributed by atoms with Crippen LogP contribution in [0.3, 0.4) is 0 Å². The highest BCUT2D eigenvalue weighted by atomic mass is 16.2. The first-order valence-electron chi connectivity index (χ1n) is 8.22. The lowest BCUT2D eigenvalue weighted by Gasteiger charge is -2.28. The average molecular weight is 266 g/mol. The average Bonchev–Trinajstić information content (AvgIpc) is 2.66. The Morgan fingerprint density at radius 2 is 1.79 bits per heavy atom. The Bertz CT molecular complexity index is 284. The number of likely N-dealkylation sites (tertiary alicyclic amines) is 1. The Morgan fingerprint density at radius 1 is 1.05 bits per heavy atom. The topological polar surface area (TPSA) is 46.3 Å². The van der Waals surface area contributed by atoms with Crippen LogP contribution in [0.4, 0.5) is 0 Å². The molecule has 1 aliphatic heterocycles. The monoisotopic (exact) mass is 266 g/mol. The van der Waals surface area contributed by atoms with E-state index in [-0.39, 0.29) is 0 Å². The first-order valence-corrected chi connectivity index (χ1v) is 8.22. The fourth-order valence-corrected chi connectivity index (χ4v) is 3.59. The van der Waals surface area contributed by atoms with Crippen molar-refractivity contribution in [3.8, 4) is 0 Å². The highest BCUT2D eigenvalue weighted by Gasteiger charge is 2.25. The van der Waals surface area contributed by atoms with Crippen LogP contribution in [-0.4, -0.2) is 29.9 Å². The molecule has 1 saturated heterocycles. The summed E-state index contributed by atoms with van der Waals surface area (Å²) in [5, 5.41) is 0. The molecule has 0 aromatic rings. The van der Waals surface area contributed by atoms with Crippen molar-refractivity contribution >= 4 is 5.91 Å². The Balaban J connectivity index is 1.76. The van der Waals surface area contributed by atoms with Gasteiger partial charge in [-0.05, 0) is 56.8 Å². The summed E-state index contributed by atoms with van der Waals surface area (Å²) in [6.07, 6.45) is 10.3. The van der Waals surface area contributed by atoms with Crippen molar-refractivity contribution in [3.63, 3.8) is 0 Å². The molecule has 1 saturated carbocycles. The molecule has 0 aromatic carbocycles.